The standard InChI is InChI=1S/C14H23O3P/c1-4-6-9-13(5-2)17-18(15,16)14-10-7-8-12(3)11-14/h7-8,10-11,13H,4-6,9H2,1-3H3,(H,15,16). The van der Waals surface area contributed by atoms with Gasteiger partial charge in [0.2, 0.25) is 0 Å². The number of hydrogen-bond acceptors (Lipinski definition) is 2. The minimum absolute atomic E-state index is 0.138. The smallest absolute Gasteiger partial charge is 0.321 e. The van der Waals surface area contributed by atoms with Gasteiger partial charge in [0.05, 0.1) is 11.4 Å². The number of aryl methyl sites for hydroxylation is 1. The average molecular weight is 270 g/mol. The predicted octanol–water partition coefficient (Wildman–Crippen LogP) is 3.79. The van der Waals surface area contributed by atoms with Gasteiger partial charge < -0.3 is 9.42 Å². The summed E-state index contributed by atoms with van der Waals surface area (Å²) < 4.78 is 17.7. The van der Waals surface area contributed by atoms with Crippen LogP contribution in [0, 0.1) is 6.92 Å². The van der Waals surface area contributed by atoms with E-state index in [-0.39, 0.29) is 6.10 Å². The van der Waals surface area contributed by atoms with Crippen LogP contribution in [0.4, 0.5) is 0 Å². The Kier molecular flexibility index (Phi) is 6.07. The molecule has 3 nitrogen and oxygen atoms in total. The molecule has 0 aliphatic rings. The molecule has 1 aromatic carbocycles. The van der Waals surface area contributed by atoms with Crippen LogP contribution >= 0.6 is 7.60 Å². The predicted molar refractivity (Wildman–Crippen MR) is 75.3 cm³/mol. The molecule has 1 N–H and O–H groups in total. The second-order valence-electron chi connectivity index (χ2n) is 4.64. The van der Waals surface area contributed by atoms with Gasteiger partial charge in [-0.1, -0.05) is 44.4 Å². The lowest BCUT2D eigenvalue weighted by molar-refractivity contribution is 0.164. The first-order valence-corrected chi connectivity index (χ1v) is 8.15. The normalized spacial score (nSPS) is 16.2. The molecule has 102 valence electrons. The van der Waals surface area contributed by atoms with Crippen molar-refractivity contribution in [2.75, 3.05) is 0 Å². The van der Waals surface area contributed by atoms with Crippen molar-refractivity contribution < 1.29 is 14.0 Å². The van der Waals surface area contributed by atoms with Crippen LogP contribution in [0.3, 0.4) is 0 Å². The molecule has 0 aliphatic heterocycles. The lowest BCUT2D eigenvalue weighted by atomic mass is 10.1. The maximum atomic E-state index is 12.2. The van der Waals surface area contributed by atoms with Crippen molar-refractivity contribution in [3.63, 3.8) is 0 Å². The molecule has 0 amide bonds. The molecule has 2 atom stereocenters. The largest absolute Gasteiger partial charge is 0.359 e. The van der Waals surface area contributed by atoms with Gasteiger partial charge in [-0.2, -0.15) is 0 Å². The summed E-state index contributed by atoms with van der Waals surface area (Å²) in [5, 5.41) is 0.387. The Bertz CT molecular complexity index is 417. The fourth-order valence-electron chi connectivity index (χ4n) is 1.83. The Balaban J connectivity index is 2.76. The molecule has 0 aromatic heterocycles. The van der Waals surface area contributed by atoms with E-state index in [1.807, 2.05) is 19.9 Å². The maximum Gasteiger partial charge on any atom is 0.359 e. The van der Waals surface area contributed by atoms with Gasteiger partial charge in [0.25, 0.3) is 0 Å². The highest BCUT2D eigenvalue weighted by Gasteiger charge is 2.26. The second-order valence-corrected chi connectivity index (χ2v) is 6.41. The first kappa shape index (κ1) is 15.4. The number of rotatable bonds is 7. The highest BCUT2D eigenvalue weighted by Crippen LogP contribution is 2.43. The third-order valence-corrected chi connectivity index (χ3v) is 4.47. The van der Waals surface area contributed by atoms with Crippen molar-refractivity contribution in [2.24, 2.45) is 0 Å². The molecule has 2 unspecified atom stereocenters. The van der Waals surface area contributed by atoms with Crippen molar-refractivity contribution in [1.82, 2.24) is 0 Å². The van der Waals surface area contributed by atoms with Crippen molar-refractivity contribution in [1.29, 1.82) is 0 Å². The Morgan fingerprint density at radius 2 is 2.11 bits per heavy atom. The van der Waals surface area contributed by atoms with Crippen LogP contribution in [0.5, 0.6) is 0 Å². The van der Waals surface area contributed by atoms with Gasteiger partial charge in [-0.05, 0) is 31.9 Å². The summed E-state index contributed by atoms with van der Waals surface area (Å²) in [6.45, 7) is 5.99. The zero-order valence-electron chi connectivity index (χ0n) is 11.4. The molecule has 0 saturated heterocycles. The van der Waals surface area contributed by atoms with Crippen molar-refractivity contribution in [3.8, 4) is 0 Å². The minimum Gasteiger partial charge on any atom is -0.321 e. The van der Waals surface area contributed by atoms with E-state index in [1.165, 1.54) is 0 Å². The average Bonchev–Trinajstić information content (AvgIpc) is 2.34. The Morgan fingerprint density at radius 1 is 1.39 bits per heavy atom. The van der Waals surface area contributed by atoms with Crippen LogP contribution in [-0.2, 0) is 9.09 Å². The van der Waals surface area contributed by atoms with E-state index >= 15 is 0 Å². The number of benzene rings is 1. The quantitative estimate of drug-likeness (QED) is 0.767. The van der Waals surface area contributed by atoms with Crippen LogP contribution in [0.2, 0.25) is 0 Å². The van der Waals surface area contributed by atoms with Crippen molar-refractivity contribution in [3.05, 3.63) is 29.8 Å². The molecule has 0 spiro atoms. The minimum atomic E-state index is -3.68. The van der Waals surface area contributed by atoms with Gasteiger partial charge in [0.1, 0.15) is 0 Å². The van der Waals surface area contributed by atoms with E-state index in [0.29, 0.717) is 5.30 Å². The van der Waals surface area contributed by atoms with E-state index in [1.54, 1.807) is 18.2 Å². The van der Waals surface area contributed by atoms with Gasteiger partial charge >= 0.3 is 7.60 Å². The monoisotopic (exact) mass is 270 g/mol. The Labute approximate surface area is 110 Å². The van der Waals surface area contributed by atoms with Gasteiger partial charge in [-0.3, -0.25) is 4.57 Å². The fourth-order valence-corrected chi connectivity index (χ4v) is 3.25. The number of unbranched alkanes of at least 4 members (excludes halogenated alkanes) is 1. The van der Waals surface area contributed by atoms with Gasteiger partial charge in [0, 0.05) is 0 Å². The Hall–Kier alpha value is -0.630. The molecule has 1 rings (SSSR count). The Morgan fingerprint density at radius 3 is 2.67 bits per heavy atom. The summed E-state index contributed by atoms with van der Waals surface area (Å²) in [5.41, 5.74) is 0.965. The molecule has 0 saturated carbocycles. The molecule has 0 radical (unpaired) electrons. The van der Waals surface area contributed by atoms with Gasteiger partial charge in [0.15, 0.2) is 0 Å². The molecular formula is C14H23O3P. The summed E-state index contributed by atoms with van der Waals surface area (Å²) in [6.07, 6.45) is 3.55. The third-order valence-electron chi connectivity index (χ3n) is 2.95. The van der Waals surface area contributed by atoms with E-state index in [0.717, 1.165) is 31.2 Å². The van der Waals surface area contributed by atoms with Gasteiger partial charge in [-0.15, -0.1) is 0 Å². The second kappa shape index (κ2) is 7.08. The number of hydrogen-bond donors (Lipinski definition) is 1. The first-order chi connectivity index (χ1) is 8.49. The third kappa shape index (κ3) is 4.56. The molecule has 0 heterocycles. The summed E-state index contributed by atoms with van der Waals surface area (Å²) in [4.78, 5) is 10.0. The van der Waals surface area contributed by atoms with Crippen LogP contribution < -0.4 is 5.30 Å². The van der Waals surface area contributed by atoms with E-state index in [4.69, 9.17) is 4.52 Å². The summed E-state index contributed by atoms with van der Waals surface area (Å²) >= 11 is 0. The molecule has 4 heteroatoms. The van der Waals surface area contributed by atoms with E-state index in [2.05, 4.69) is 6.92 Å². The van der Waals surface area contributed by atoms with Crippen LogP contribution in [0.1, 0.15) is 45.1 Å². The van der Waals surface area contributed by atoms with Crippen molar-refractivity contribution in [2.45, 2.75) is 52.6 Å². The highest BCUT2D eigenvalue weighted by atomic mass is 31.2. The molecule has 0 aliphatic carbocycles. The van der Waals surface area contributed by atoms with E-state index in [9.17, 15) is 9.46 Å². The fraction of sp³-hybridized carbons (Fsp3) is 0.571. The van der Waals surface area contributed by atoms with Gasteiger partial charge in [-0.25, -0.2) is 0 Å². The first-order valence-electron chi connectivity index (χ1n) is 6.58. The maximum absolute atomic E-state index is 12.2. The van der Waals surface area contributed by atoms with Crippen molar-refractivity contribution >= 4 is 12.9 Å². The zero-order valence-corrected chi connectivity index (χ0v) is 12.3. The molecule has 0 fully saturated rings. The summed E-state index contributed by atoms with van der Waals surface area (Å²) in [6, 6.07) is 7.05. The summed E-state index contributed by atoms with van der Waals surface area (Å²) in [5.74, 6) is 0. The van der Waals surface area contributed by atoms with Crippen LogP contribution in [0.25, 0.3) is 0 Å². The molecule has 1 aromatic rings. The molecular weight excluding hydrogens is 247 g/mol. The zero-order chi connectivity index (χ0) is 13.6. The molecule has 18 heavy (non-hydrogen) atoms. The highest BCUT2D eigenvalue weighted by molar-refractivity contribution is 7.61. The lowest BCUT2D eigenvalue weighted by Gasteiger charge is -2.20. The SMILES string of the molecule is CCCCC(CC)OP(=O)(O)c1cccc(C)c1. The topological polar surface area (TPSA) is 46.5 Å². The molecule has 0 bridgehead atoms. The van der Waals surface area contributed by atoms with Crippen LogP contribution in [-0.4, -0.2) is 11.0 Å². The van der Waals surface area contributed by atoms with Crippen LogP contribution in [0.15, 0.2) is 24.3 Å². The summed E-state index contributed by atoms with van der Waals surface area (Å²) in [7, 11) is -3.68. The van der Waals surface area contributed by atoms with E-state index < -0.39 is 7.60 Å². The lowest BCUT2D eigenvalue weighted by Crippen LogP contribution is -2.15.